The molecule has 0 unspecified atom stereocenters. The lowest BCUT2D eigenvalue weighted by Crippen LogP contribution is -2.01. The Bertz CT molecular complexity index is 728. The lowest BCUT2D eigenvalue weighted by molar-refractivity contribution is 0.285. The van der Waals surface area contributed by atoms with Crippen molar-refractivity contribution < 1.29 is 13.7 Å². The Labute approximate surface area is 119 Å². The van der Waals surface area contributed by atoms with Gasteiger partial charge in [0.2, 0.25) is 11.8 Å². The first-order chi connectivity index (χ1) is 10.2. The van der Waals surface area contributed by atoms with Gasteiger partial charge in [0.15, 0.2) is 0 Å². The maximum absolute atomic E-state index is 12.7. The Hall–Kier alpha value is -2.83. The van der Waals surface area contributed by atoms with E-state index in [1.165, 1.54) is 12.1 Å². The van der Waals surface area contributed by atoms with Gasteiger partial charge in [-0.3, -0.25) is 4.98 Å². The van der Waals surface area contributed by atoms with Crippen LogP contribution in [0, 0.1) is 12.9 Å². The van der Waals surface area contributed by atoms with Crippen molar-refractivity contribution in [1.82, 2.24) is 20.3 Å². The molecule has 0 aliphatic heterocycles. The van der Waals surface area contributed by atoms with Gasteiger partial charge in [0, 0.05) is 30.1 Å². The SMILES string of the molecule is Cc1onc(-c2ccncc2)c1COc1ccc(F)nn1. The van der Waals surface area contributed by atoms with E-state index in [9.17, 15) is 4.39 Å². The van der Waals surface area contributed by atoms with E-state index in [1.54, 1.807) is 19.3 Å². The topological polar surface area (TPSA) is 73.9 Å². The van der Waals surface area contributed by atoms with Gasteiger partial charge >= 0.3 is 0 Å². The predicted molar refractivity (Wildman–Crippen MR) is 70.8 cm³/mol. The van der Waals surface area contributed by atoms with Crippen LogP contribution in [0.2, 0.25) is 0 Å². The summed E-state index contributed by atoms with van der Waals surface area (Å²) in [7, 11) is 0. The van der Waals surface area contributed by atoms with E-state index in [-0.39, 0.29) is 12.5 Å². The lowest BCUT2D eigenvalue weighted by atomic mass is 10.1. The van der Waals surface area contributed by atoms with Gasteiger partial charge in [0.1, 0.15) is 18.1 Å². The van der Waals surface area contributed by atoms with Gasteiger partial charge < -0.3 is 9.26 Å². The number of halogens is 1. The van der Waals surface area contributed by atoms with E-state index in [4.69, 9.17) is 9.26 Å². The fraction of sp³-hybridized carbons (Fsp3) is 0.143. The predicted octanol–water partition coefficient (Wildman–Crippen LogP) is 2.55. The summed E-state index contributed by atoms with van der Waals surface area (Å²) in [6.07, 6.45) is 3.35. The molecular weight excluding hydrogens is 275 g/mol. The molecule has 21 heavy (non-hydrogen) atoms. The van der Waals surface area contributed by atoms with Crippen LogP contribution in [0.1, 0.15) is 11.3 Å². The summed E-state index contributed by atoms with van der Waals surface area (Å²) in [5.41, 5.74) is 2.36. The summed E-state index contributed by atoms with van der Waals surface area (Å²) >= 11 is 0. The zero-order valence-electron chi connectivity index (χ0n) is 11.2. The summed E-state index contributed by atoms with van der Waals surface area (Å²) in [6, 6.07) is 6.26. The number of pyridine rings is 1. The number of hydrogen-bond donors (Lipinski definition) is 0. The molecule has 0 saturated carbocycles. The molecule has 0 saturated heterocycles. The Morgan fingerprint density at radius 1 is 1.14 bits per heavy atom. The standard InChI is InChI=1S/C14H11FN4O2/c1-9-11(8-20-13-3-2-12(15)17-18-13)14(19-21-9)10-4-6-16-7-5-10/h2-7H,8H2,1H3. The molecule has 0 radical (unpaired) electrons. The molecule has 3 rings (SSSR count). The summed E-state index contributed by atoms with van der Waals surface area (Å²) < 4.78 is 23.4. The highest BCUT2D eigenvalue weighted by molar-refractivity contribution is 5.62. The molecule has 0 atom stereocenters. The minimum absolute atomic E-state index is 0.202. The van der Waals surface area contributed by atoms with Gasteiger partial charge in [-0.2, -0.15) is 4.39 Å². The fourth-order valence-electron chi connectivity index (χ4n) is 1.82. The summed E-state index contributed by atoms with van der Waals surface area (Å²) in [5.74, 6) is 0.232. The van der Waals surface area contributed by atoms with Crippen LogP contribution < -0.4 is 4.74 Å². The zero-order valence-corrected chi connectivity index (χ0v) is 11.2. The van der Waals surface area contributed by atoms with E-state index in [0.29, 0.717) is 11.5 Å². The van der Waals surface area contributed by atoms with Crippen LogP contribution in [0.3, 0.4) is 0 Å². The van der Waals surface area contributed by atoms with Gasteiger partial charge in [-0.15, -0.1) is 10.2 Å². The summed E-state index contributed by atoms with van der Waals surface area (Å²) in [6.45, 7) is 2.00. The van der Waals surface area contributed by atoms with E-state index < -0.39 is 5.95 Å². The molecular formula is C14H11FN4O2. The van der Waals surface area contributed by atoms with Crippen LogP contribution >= 0.6 is 0 Å². The van der Waals surface area contributed by atoms with Gasteiger partial charge in [0.25, 0.3) is 0 Å². The third kappa shape index (κ3) is 2.86. The average molecular weight is 286 g/mol. The van der Waals surface area contributed by atoms with Gasteiger partial charge in [-0.1, -0.05) is 5.16 Å². The molecule has 0 aliphatic rings. The highest BCUT2D eigenvalue weighted by atomic mass is 19.1. The Balaban J connectivity index is 1.82. The first kappa shape index (κ1) is 13.2. The highest BCUT2D eigenvalue weighted by Gasteiger charge is 2.15. The van der Waals surface area contributed by atoms with Gasteiger partial charge in [0.05, 0.1) is 5.56 Å². The minimum atomic E-state index is -0.652. The normalized spacial score (nSPS) is 10.6. The van der Waals surface area contributed by atoms with E-state index in [2.05, 4.69) is 20.3 Å². The largest absolute Gasteiger partial charge is 0.471 e. The lowest BCUT2D eigenvalue weighted by Gasteiger charge is -2.05. The van der Waals surface area contributed by atoms with Crippen molar-refractivity contribution in [3.05, 3.63) is 53.9 Å². The van der Waals surface area contributed by atoms with Crippen LogP contribution in [0.5, 0.6) is 5.88 Å². The van der Waals surface area contributed by atoms with Crippen LogP contribution in [0.25, 0.3) is 11.3 Å². The smallest absolute Gasteiger partial charge is 0.233 e. The number of aromatic nitrogens is 4. The molecule has 0 N–H and O–H groups in total. The maximum atomic E-state index is 12.7. The van der Waals surface area contributed by atoms with Crippen molar-refractivity contribution in [3.8, 4) is 17.1 Å². The molecule has 0 amide bonds. The van der Waals surface area contributed by atoms with E-state index in [0.717, 1.165) is 11.1 Å². The van der Waals surface area contributed by atoms with Crippen molar-refractivity contribution in [3.63, 3.8) is 0 Å². The molecule has 3 aromatic heterocycles. The van der Waals surface area contributed by atoms with Crippen molar-refractivity contribution in [2.45, 2.75) is 13.5 Å². The van der Waals surface area contributed by atoms with E-state index >= 15 is 0 Å². The Morgan fingerprint density at radius 2 is 1.95 bits per heavy atom. The molecule has 0 spiro atoms. The first-order valence-electron chi connectivity index (χ1n) is 6.21. The molecule has 0 fully saturated rings. The van der Waals surface area contributed by atoms with E-state index in [1.807, 2.05) is 12.1 Å². The average Bonchev–Trinajstić information content (AvgIpc) is 2.89. The number of aryl methyl sites for hydroxylation is 1. The Morgan fingerprint density at radius 3 is 2.67 bits per heavy atom. The van der Waals surface area contributed by atoms with Crippen molar-refractivity contribution in [2.75, 3.05) is 0 Å². The van der Waals surface area contributed by atoms with Crippen molar-refractivity contribution in [1.29, 1.82) is 0 Å². The number of nitrogens with zero attached hydrogens (tertiary/aromatic N) is 4. The minimum Gasteiger partial charge on any atom is -0.471 e. The number of hydrogen-bond acceptors (Lipinski definition) is 6. The second kappa shape index (κ2) is 5.66. The van der Waals surface area contributed by atoms with Gasteiger partial charge in [-0.05, 0) is 19.1 Å². The molecule has 3 aromatic rings. The first-order valence-corrected chi connectivity index (χ1v) is 6.21. The molecule has 0 bridgehead atoms. The number of rotatable bonds is 4. The third-order valence-corrected chi connectivity index (χ3v) is 2.91. The van der Waals surface area contributed by atoms with Crippen molar-refractivity contribution in [2.24, 2.45) is 0 Å². The fourth-order valence-corrected chi connectivity index (χ4v) is 1.82. The second-order valence-electron chi connectivity index (χ2n) is 4.28. The van der Waals surface area contributed by atoms with Crippen LogP contribution in [0.15, 0.2) is 41.2 Å². The maximum Gasteiger partial charge on any atom is 0.233 e. The summed E-state index contributed by atoms with van der Waals surface area (Å²) in [4.78, 5) is 3.97. The third-order valence-electron chi connectivity index (χ3n) is 2.91. The Kier molecular flexibility index (Phi) is 3.55. The molecule has 0 aromatic carbocycles. The quantitative estimate of drug-likeness (QED) is 0.733. The molecule has 6 nitrogen and oxygen atoms in total. The monoisotopic (exact) mass is 286 g/mol. The highest BCUT2D eigenvalue weighted by Crippen LogP contribution is 2.25. The van der Waals surface area contributed by atoms with Crippen molar-refractivity contribution >= 4 is 0 Å². The van der Waals surface area contributed by atoms with Crippen LogP contribution in [-0.2, 0) is 6.61 Å². The molecule has 3 heterocycles. The molecule has 0 aliphatic carbocycles. The molecule has 7 heteroatoms. The summed E-state index contributed by atoms with van der Waals surface area (Å²) in [5, 5.41) is 10.9. The molecule has 106 valence electrons. The second-order valence-corrected chi connectivity index (χ2v) is 4.28. The number of ether oxygens (including phenoxy) is 1. The zero-order chi connectivity index (χ0) is 14.7. The van der Waals surface area contributed by atoms with Crippen LogP contribution in [0.4, 0.5) is 4.39 Å². The van der Waals surface area contributed by atoms with Crippen LogP contribution in [-0.4, -0.2) is 20.3 Å². The van der Waals surface area contributed by atoms with Gasteiger partial charge in [-0.25, -0.2) is 0 Å².